The van der Waals surface area contributed by atoms with Gasteiger partial charge in [-0.05, 0) is 23.8 Å². The van der Waals surface area contributed by atoms with Crippen molar-refractivity contribution in [2.75, 3.05) is 13.7 Å². The normalized spacial score (nSPS) is 10.7. The number of carbonyl (C=O) groups is 2. The number of benzene rings is 1. The molecule has 124 valence electrons. The molecule has 0 unspecified atom stereocenters. The van der Waals surface area contributed by atoms with E-state index in [1.165, 1.54) is 4.90 Å². The summed E-state index contributed by atoms with van der Waals surface area (Å²) in [4.78, 5) is 28.5. The fraction of sp³-hybridized carbons (Fsp3) is 0.222. The number of amides is 1. The van der Waals surface area contributed by atoms with Crippen LogP contribution in [0.1, 0.15) is 11.3 Å². The van der Waals surface area contributed by atoms with E-state index in [0.717, 1.165) is 16.5 Å². The summed E-state index contributed by atoms with van der Waals surface area (Å²) in [5, 5.41) is 0.982. The second-order valence-corrected chi connectivity index (χ2v) is 5.53. The van der Waals surface area contributed by atoms with Gasteiger partial charge >= 0.3 is 5.97 Å². The van der Waals surface area contributed by atoms with Crippen molar-refractivity contribution >= 4 is 22.8 Å². The summed E-state index contributed by atoms with van der Waals surface area (Å²) in [5.41, 5.74) is 1.82. The summed E-state index contributed by atoms with van der Waals surface area (Å²) in [6.07, 6.45) is 3.46. The average Bonchev–Trinajstić information content (AvgIpc) is 3.23. The Kier molecular flexibility index (Phi) is 4.65. The standard InChI is InChI=1S/C18H18N2O4/c1-20(11-14-5-4-8-23-14)17(21)12-24-18(22)9-13-10-19-16-7-3-2-6-15(13)16/h2-8,10,19H,9,11-12H2,1H3. The number of H-pyrrole nitrogens is 1. The zero-order valence-electron chi connectivity index (χ0n) is 13.3. The molecular weight excluding hydrogens is 308 g/mol. The zero-order valence-corrected chi connectivity index (χ0v) is 13.3. The molecule has 1 aromatic carbocycles. The van der Waals surface area contributed by atoms with Crippen LogP contribution in [0.15, 0.2) is 53.3 Å². The minimum atomic E-state index is -0.431. The highest BCUT2D eigenvalue weighted by Gasteiger charge is 2.15. The number of carbonyl (C=O) groups excluding carboxylic acids is 2. The Labute approximate surface area is 139 Å². The largest absolute Gasteiger partial charge is 0.467 e. The summed E-state index contributed by atoms with van der Waals surface area (Å²) >= 11 is 0. The number of furan rings is 1. The lowest BCUT2D eigenvalue weighted by molar-refractivity contribution is -0.151. The molecule has 0 spiro atoms. The molecule has 0 aliphatic rings. The van der Waals surface area contributed by atoms with E-state index < -0.39 is 5.97 Å². The first-order chi connectivity index (χ1) is 11.6. The zero-order chi connectivity index (χ0) is 16.9. The third-order valence-electron chi connectivity index (χ3n) is 3.77. The van der Waals surface area contributed by atoms with Gasteiger partial charge in [-0.25, -0.2) is 0 Å². The quantitative estimate of drug-likeness (QED) is 0.706. The molecule has 6 nitrogen and oxygen atoms in total. The number of ether oxygens (including phenoxy) is 1. The number of aromatic nitrogens is 1. The van der Waals surface area contributed by atoms with Gasteiger partial charge in [-0.3, -0.25) is 9.59 Å². The van der Waals surface area contributed by atoms with Crippen LogP contribution in [0.3, 0.4) is 0 Å². The molecule has 3 aromatic rings. The highest BCUT2D eigenvalue weighted by Crippen LogP contribution is 2.18. The van der Waals surface area contributed by atoms with Gasteiger partial charge in [-0.15, -0.1) is 0 Å². The van der Waals surface area contributed by atoms with Crippen LogP contribution in [0.4, 0.5) is 0 Å². The van der Waals surface area contributed by atoms with Crippen LogP contribution in [0.5, 0.6) is 0 Å². The third kappa shape index (κ3) is 3.65. The Morgan fingerprint density at radius 3 is 2.83 bits per heavy atom. The fourth-order valence-corrected chi connectivity index (χ4v) is 2.46. The summed E-state index contributed by atoms with van der Waals surface area (Å²) in [7, 11) is 1.64. The molecule has 24 heavy (non-hydrogen) atoms. The van der Waals surface area contributed by atoms with E-state index in [1.807, 2.05) is 24.3 Å². The van der Waals surface area contributed by atoms with Crippen LogP contribution in [-0.4, -0.2) is 35.4 Å². The summed E-state index contributed by atoms with van der Waals surface area (Å²) in [6, 6.07) is 11.3. The van der Waals surface area contributed by atoms with E-state index >= 15 is 0 Å². The van der Waals surface area contributed by atoms with E-state index in [-0.39, 0.29) is 18.9 Å². The van der Waals surface area contributed by atoms with E-state index in [9.17, 15) is 9.59 Å². The van der Waals surface area contributed by atoms with Crippen LogP contribution in [0.25, 0.3) is 10.9 Å². The minimum absolute atomic E-state index is 0.124. The topological polar surface area (TPSA) is 75.5 Å². The molecule has 0 saturated heterocycles. The van der Waals surface area contributed by atoms with Gasteiger partial charge in [0.25, 0.3) is 5.91 Å². The van der Waals surface area contributed by atoms with E-state index in [0.29, 0.717) is 12.3 Å². The predicted octanol–water partition coefficient (Wildman–Crippen LogP) is 2.51. The van der Waals surface area contributed by atoms with Crippen LogP contribution in [-0.2, 0) is 27.3 Å². The number of rotatable bonds is 6. The predicted molar refractivity (Wildman–Crippen MR) is 88.1 cm³/mol. The second-order valence-electron chi connectivity index (χ2n) is 5.53. The molecule has 0 fully saturated rings. The molecule has 0 radical (unpaired) electrons. The second kappa shape index (κ2) is 7.04. The van der Waals surface area contributed by atoms with Crippen molar-refractivity contribution in [3.05, 3.63) is 60.2 Å². The third-order valence-corrected chi connectivity index (χ3v) is 3.77. The number of nitrogens with one attached hydrogen (secondary N) is 1. The average molecular weight is 326 g/mol. The van der Waals surface area contributed by atoms with Crippen molar-refractivity contribution < 1.29 is 18.7 Å². The van der Waals surface area contributed by atoms with Gasteiger partial charge in [-0.1, -0.05) is 18.2 Å². The number of esters is 1. The maximum atomic E-state index is 12.0. The lowest BCUT2D eigenvalue weighted by Gasteiger charge is -2.15. The number of hydrogen-bond donors (Lipinski definition) is 1. The molecule has 6 heteroatoms. The first kappa shape index (κ1) is 15.9. The van der Waals surface area contributed by atoms with Gasteiger partial charge in [0.2, 0.25) is 0 Å². The van der Waals surface area contributed by atoms with Gasteiger partial charge in [0, 0.05) is 24.1 Å². The van der Waals surface area contributed by atoms with E-state index in [2.05, 4.69) is 4.98 Å². The molecule has 2 aromatic heterocycles. The fourth-order valence-electron chi connectivity index (χ4n) is 2.46. The van der Waals surface area contributed by atoms with Crippen molar-refractivity contribution in [2.24, 2.45) is 0 Å². The smallest absolute Gasteiger partial charge is 0.310 e. The van der Waals surface area contributed by atoms with Crippen molar-refractivity contribution in [3.63, 3.8) is 0 Å². The molecular formula is C18H18N2O4. The minimum Gasteiger partial charge on any atom is -0.467 e. The Morgan fingerprint density at radius 2 is 2.04 bits per heavy atom. The summed E-state index contributed by atoms with van der Waals surface area (Å²) in [5.74, 6) is -0.0332. The summed E-state index contributed by atoms with van der Waals surface area (Å²) < 4.78 is 10.3. The maximum Gasteiger partial charge on any atom is 0.310 e. The highest BCUT2D eigenvalue weighted by molar-refractivity contribution is 5.88. The number of para-hydroxylation sites is 1. The number of aromatic amines is 1. The van der Waals surface area contributed by atoms with Gasteiger partial charge in [0.05, 0.1) is 19.2 Å². The van der Waals surface area contributed by atoms with Gasteiger partial charge in [0.1, 0.15) is 5.76 Å². The van der Waals surface area contributed by atoms with Crippen molar-refractivity contribution in [1.82, 2.24) is 9.88 Å². The van der Waals surface area contributed by atoms with Crippen LogP contribution >= 0.6 is 0 Å². The number of likely N-dealkylation sites (N-methyl/N-ethyl adjacent to an activating group) is 1. The maximum absolute atomic E-state index is 12.0. The van der Waals surface area contributed by atoms with Gasteiger partial charge in [-0.2, -0.15) is 0 Å². The van der Waals surface area contributed by atoms with Crippen molar-refractivity contribution in [1.29, 1.82) is 0 Å². The van der Waals surface area contributed by atoms with E-state index in [4.69, 9.17) is 9.15 Å². The molecule has 1 N–H and O–H groups in total. The number of hydrogen-bond acceptors (Lipinski definition) is 4. The van der Waals surface area contributed by atoms with Crippen molar-refractivity contribution in [2.45, 2.75) is 13.0 Å². The Balaban J connectivity index is 1.51. The van der Waals surface area contributed by atoms with Crippen LogP contribution in [0.2, 0.25) is 0 Å². The Hall–Kier alpha value is -3.02. The lowest BCUT2D eigenvalue weighted by Crippen LogP contribution is -2.30. The number of nitrogens with zero attached hydrogens (tertiary/aromatic N) is 1. The first-order valence-corrected chi connectivity index (χ1v) is 7.60. The highest BCUT2D eigenvalue weighted by atomic mass is 16.5. The molecule has 0 bridgehead atoms. The molecule has 0 saturated carbocycles. The summed E-state index contributed by atoms with van der Waals surface area (Å²) in [6.45, 7) is 0.0598. The van der Waals surface area contributed by atoms with E-state index in [1.54, 1.807) is 31.6 Å². The van der Waals surface area contributed by atoms with Crippen LogP contribution in [0, 0.1) is 0 Å². The molecule has 3 rings (SSSR count). The molecule has 0 aliphatic heterocycles. The molecule has 0 atom stereocenters. The molecule has 1 amide bonds. The SMILES string of the molecule is CN(Cc1ccco1)C(=O)COC(=O)Cc1c[nH]c2ccccc12. The van der Waals surface area contributed by atoms with Crippen LogP contribution < -0.4 is 0 Å². The number of fused-ring (bicyclic) bond motifs is 1. The molecule has 2 heterocycles. The first-order valence-electron chi connectivity index (χ1n) is 7.60. The van der Waals surface area contributed by atoms with Gasteiger partial charge in [0.15, 0.2) is 6.61 Å². The van der Waals surface area contributed by atoms with Gasteiger partial charge < -0.3 is 19.0 Å². The lowest BCUT2D eigenvalue weighted by atomic mass is 10.1. The Bertz CT molecular complexity index is 836. The van der Waals surface area contributed by atoms with Crippen molar-refractivity contribution in [3.8, 4) is 0 Å². The molecule has 0 aliphatic carbocycles. The Morgan fingerprint density at radius 1 is 1.21 bits per heavy atom. The monoisotopic (exact) mass is 326 g/mol.